The summed E-state index contributed by atoms with van der Waals surface area (Å²) in [5.74, 6) is 0.0466. The molecule has 1 aliphatic rings. The van der Waals surface area contributed by atoms with E-state index in [-0.39, 0.29) is 11.9 Å². The molecule has 1 amide bonds. The van der Waals surface area contributed by atoms with E-state index in [4.69, 9.17) is 11.6 Å². The number of aromatic nitrogens is 2. The molecule has 1 aromatic heterocycles. The summed E-state index contributed by atoms with van der Waals surface area (Å²) >= 11 is 5.73. The zero-order chi connectivity index (χ0) is 13.8. The predicted octanol–water partition coefficient (Wildman–Crippen LogP) is 0.0812. The van der Waals surface area contributed by atoms with E-state index in [1.165, 1.54) is 17.1 Å². The van der Waals surface area contributed by atoms with Gasteiger partial charge in [-0.25, -0.2) is 13.2 Å². The quantitative estimate of drug-likeness (QED) is 0.783. The van der Waals surface area contributed by atoms with E-state index in [1.807, 2.05) is 4.90 Å². The fourth-order valence-electron chi connectivity index (χ4n) is 2.02. The summed E-state index contributed by atoms with van der Waals surface area (Å²) in [6.07, 6.45) is 3.61. The summed E-state index contributed by atoms with van der Waals surface area (Å²) in [5, 5.41) is 4.28. The number of amides is 1. The number of rotatable bonds is 2. The Morgan fingerprint density at radius 3 is 2.74 bits per heavy atom. The highest BCUT2D eigenvalue weighted by molar-refractivity contribution is 7.72. The van der Waals surface area contributed by atoms with Gasteiger partial charge in [-0.2, -0.15) is 9.78 Å². The molecule has 2 heterocycles. The van der Waals surface area contributed by atoms with E-state index < -0.39 is 10.7 Å². The van der Waals surface area contributed by atoms with Crippen molar-refractivity contribution in [2.45, 2.75) is 6.42 Å². The molecule has 9 heteroatoms. The molecular formula is C10H15ClN4O3S. The standard InChI is InChI=1S/C10H15ClN4O3S/c11-9-6-12-15(7-9)10(16)14-3-1-2-13(4-5-14)8-19(17)18/h6-7,19H,1-5,8H2. The van der Waals surface area contributed by atoms with Crippen molar-refractivity contribution in [3.8, 4) is 0 Å². The Hall–Kier alpha value is -1.12. The first-order valence-electron chi connectivity index (χ1n) is 5.90. The highest BCUT2D eigenvalue weighted by Crippen LogP contribution is 2.08. The van der Waals surface area contributed by atoms with E-state index in [2.05, 4.69) is 5.10 Å². The average molecular weight is 307 g/mol. The summed E-state index contributed by atoms with van der Waals surface area (Å²) in [6.45, 7) is 2.29. The molecule has 7 nitrogen and oxygen atoms in total. The van der Waals surface area contributed by atoms with Crippen molar-refractivity contribution in [1.82, 2.24) is 19.6 Å². The van der Waals surface area contributed by atoms with Crippen LogP contribution in [0.15, 0.2) is 12.4 Å². The van der Waals surface area contributed by atoms with Gasteiger partial charge in [-0.3, -0.25) is 4.90 Å². The number of thiol groups is 1. The Morgan fingerprint density at radius 1 is 1.32 bits per heavy atom. The van der Waals surface area contributed by atoms with Gasteiger partial charge in [0.15, 0.2) is 10.7 Å². The van der Waals surface area contributed by atoms with Crippen molar-refractivity contribution in [3.05, 3.63) is 17.4 Å². The number of nitrogens with zero attached hydrogens (tertiary/aromatic N) is 4. The van der Waals surface area contributed by atoms with Crippen LogP contribution in [0.25, 0.3) is 0 Å². The number of carbonyl (C=O) groups is 1. The molecule has 1 fully saturated rings. The van der Waals surface area contributed by atoms with Crippen LogP contribution in [0, 0.1) is 0 Å². The van der Waals surface area contributed by atoms with Gasteiger partial charge in [-0.05, 0) is 6.42 Å². The van der Waals surface area contributed by atoms with Crippen LogP contribution in [0.4, 0.5) is 4.79 Å². The molecule has 0 N–H and O–H groups in total. The van der Waals surface area contributed by atoms with E-state index in [1.54, 1.807) is 4.90 Å². The van der Waals surface area contributed by atoms with Crippen molar-refractivity contribution >= 4 is 28.3 Å². The van der Waals surface area contributed by atoms with Gasteiger partial charge >= 0.3 is 6.03 Å². The minimum absolute atomic E-state index is 0.0466. The third-order valence-electron chi connectivity index (χ3n) is 2.92. The summed E-state index contributed by atoms with van der Waals surface area (Å²) in [6, 6.07) is -0.236. The second kappa shape index (κ2) is 6.36. The van der Waals surface area contributed by atoms with Crippen LogP contribution in [0.5, 0.6) is 0 Å². The number of halogens is 1. The van der Waals surface area contributed by atoms with E-state index in [9.17, 15) is 13.2 Å². The SMILES string of the molecule is O=C(N1CCCN(C[SH](=O)=O)CC1)n1cc(Cl)cn1. The van der Waals surface area contributed by atoms with Gasteiger partial charge in [-0.1, -0.05) is 11.6 Å². The van der Waals surface area contributed by atoms with Crippen molar-refractivity contribution < 1.29 is 13.2 Å². The highest BCUT2D eigenvalue weighted by atomic mass is 35.5. The largest absolute Gasteiger partial charge is 0.344 e. The second-order valence-electron chi connectivity index (χ2n) is 4.32. The van der Waals surface area contributed by atoms with Gasteiger partial charge in [-0.15, -0.1) is 0 Å². The summed E-state index contributed by atoms with van der Waals surface area (Å²) < 4.78 is 22.6. The molecule has 1 aromatic rings. The van der Waals surface area contributed by atoms with E-state index in [0.717, 1.165) is 6.42 Å². The van der Waals surface area contributed by atoms with Crippen LogP contribution in [-0.4, -0.2) is 66.1 Å². The fraction of sp³-hybridized carbons (Fsp3) is 0.600. The van der Waals surface area contributed by atoms with E-state index >= 15 is 0 Å². The normalized spacial score (nSPS) is 17.7. The van der Waals surface area contributed by atoms with Crippen LogP contribution >= 0.6 is 11.6 Å². The zero-order valence-electron chi connectivity index (χ0n) is 10.2. The Labute approximate surface area is 117 Å². The van der Waals surface area contributed by atoms with Crippen molar-refractivity contribution in [3.63, 3.8) is 0 Å². The average Bonchev–Trinajstić information content (AvgIpc) is 2.65. The summed E-state index contributed by atoms with van der Waals surface area (Å²) in [4.78, 5) is 15.6. The van der Waals surface area contributed by atoms with Crippen molar-refractivity contribution in [2.24, 2.45) is 0 Å². The molecule has 0 atom stereocenters. The van der Waals surface area contributed by atoms with Crippen LogP contribution in [0.3, 0.4) is 0 Å². The first-order valence-corrected chi connectivity index (χ1v) is 7.64. The molecule has 106 valence electrons. The van der Waals surface area contributed by atoms with Crippen LogP contribution in [0.1, 0.15) is 6.42 Å². The maximum absolute atomic E-state index is 12.1. The number of hydrogen-bond donors (Lipinski definition) is 1. The zero-order valence-corrected chi connectivity index (χ0v) is 11.9. The molecule has 1 saturated heterocycles. The Morgan fingerprint density at radius 2 is 2.11 bits per heavy atom. The minimum atomic E-state index is -2.42. The van der Waals surface area contributed by atoms with Crippen LogP contribution in [0.2, 0.25) is 5.02 Å². The molecular weight excluding hydrogens is 292 g/mol. The fourth-order valence-corrected chi connectivity index (χ4v) is 2.76. The smallest absolute Gasteiger partial charge is 0.322 e. The van der Waals surface area contributed by atoms with Gasteiger partial charge in [0, 0.05) is 26.2 Å². The van der Waals surface area contributed by atoms with Crippen LogP contribution in [-0.2, 0) is 10.7 Å². The molecule has 0 saturated carbocycles. The third kappa shape index (κ3) is 3.92. The van der Waals surface area contributed by atoms with Gasteiger partial charge in [0.2, 0.25) is 0 Å². The molecule has 0 aromatic carbocycles. The van der Waals surface area contributed by atoms with Gasteiger partial charge in [0.05, 0.1) is 23.3 Å². The topological polar surface area (TPSA) is 75.5 Å². The molecule has 2 rings (SSSR count). The van der Waals surface area contributed by atoms with Gasteiger partial charge in [0.1, 0.15) is 0 Å². The summed E-state index contributed by atoms with van der Waals surface area (Å²) in [7, 11) is -2.42. The lowest BCUT2D eigenvalue weighted by Gasteiger charge is -2.20. The van der Waals surface area contributed by atoms with Crippen LogP contribution < -0.4 is 0 Å². The number of carbonyl (C=O) groups excluding carboxylic acids is 1. The molecule has 0 spiro atoms. The first-order chi connectivity index (χ1) is 9.06. The maximum Gasteiger partial charge on any atom is 0.344 e. The van der Waals surface area contributed by atoms with Gasteiger partial charge < -0.3 is 4.90 Å². The molecule has 0 radical (unpaired) electrons. The monoisotopic (exact) mass is 306 g/mol. The second-order valence-corrected chi connectivity index (χ2v) is 5.70. The molecule has 0 aliphatic carbocycles. The molecule has 0 bridgehead atoms. The lowest BCUT2D eigenvalue weighted by atomic mass is 10.4. The lowest BCUT2D eigenvalue weighted by Crippen LogP contribution is -2.38. The van der Waals surface area contributed by atoms with Crippen molar-refractivity contribution in [2.75, 3.05) is 32.1 Å². The minimum Gasteiger partial charge on any atom is -0.322 e. The first kappa shape index (κ1) is 14.3. The number of hydrogen-bond acceptors (Lipinski definition) is 5. The van der Waals surface area contributed by atoms with Crippen molar-refractivity contribution in [1.29, 1.82) is 0 Å². The van der Waals surface area contributed by atoms with Gasteiger partial charge in [0.25, 0.3) is 0 Å². The molecule has 1 aliphatic heterocycles. The Kier molecular flexibility index (Phi) is 4.78. The Bertz CT molecular complexity index is 523. The maximum atomic E-state index is 12.1. The van der Waals surface area contributed by atoms with E-state index in [0.29, 0.717) is 31.2 Å². The lowest BCUT2D eigenvalue weighted by molar-refractivity contribution is 0.197. The Balaban J connectivity index is 1.97. The predicted molar refractivity (Wildman–Crippen MR) is 71.0 cm³/mol. The third-order valence-corrected chi connectivity index (χ3v) is 3.75. The molecule has 0 unspecified atom stereocenters. The highest BCUT2D eigenvalue weighted by Gasteiger charge is 2.21. The molecule has 19 heavy (non-hydrogen) atoms. The summed E-state index contributed by atoms with van der Waals surface area (Å²) in [5.41, 5.74) is 0.